The smallest absolute Gasteiger partial charge is 0.534 e. The van der Waals surface area contributed by atoms with E-state index in [0.717, 1.165) is 0 Å². The van der Waals surface area contributed by atoms with Gasteiger partial charge in [-0.15, -0.1) is 0 Å². The Morgan fingerprint density at radius 3 is 2.95 bits per heavy atom. The number of rotatable bonds is 5. The minimum absolute atomic E-state index is 0.00397. The van der Waals surface area contributed by atoms with E-state index in [9.17, 15) is 14.6 Å². The van der Waals surface area contributed by atoms with E-state index in [1.807, 2.05) is 0 Å². The number of carbonyl (C=O) groups excluding carboxylic acids is 1. The summed E-state index contributed by atoms with van der Waals surface area (Å²) in [6, 6.07) is 4.72. The lowest BCUT2D eigenvalue weighted by molar-refractivity contribution is -0.122. The molecule has 21 heavy (non-hydrogen) atoms. The van der Waals surface area contributed by atoms with Crippen LogP contribution in [0.4, 0.5) is 0 Å². The first-order valence-corrected chi connectivity index (χ1v) is 6.51. The summed E-state index contributed by atoms with van der Waals surface area (Å²) in [5.41, 5.74) is 0.632. The maximum Gasteiger partial charge on any atom is 0.547 e. The lowest BCUT2D eigenvalue weighted by Crippen LogP contribution is -2.53. The molecule has 2 rings (SSSR count). The molecule has 1 atom stereocenters. The third-order valence-corrected chi connectivity index (χ3v) is 3.23. The normalized spacial score (nSPS) is 16.9. The van der Waals surface area contributed by atoms with Gasteiger partial charge in [0.15, 0.2) is 0 Å². The number of carbonyl (C=O) groups is 2. The van der Waals surface area contributed by atoms with Crippen LogP contribution in [0.1, 0.15) is 22.3 Å². The van der Waals surface area contributed by atoms with Gasteiger partial charge in [0.05, 0.1) is 18.1 Å². The maximum atomic E-state index is 11.7. The number of methoxy groups -OCH3 is 1. The molecule has 1 aliphatic heterocycles. The fourth-order valence-corrected chi connectivity index (χ4v) is 2.19. The molecule has 0 unspecified atom stereocenters. The van der Waals surface area contributed by atoms with Crippen LogP contribution in [0.2, 0.25) is 0 Å². The first-order valence-electron chi connectivity index (χ1n) is 6.51. The van der Waals surface area contributed by atoms with E-state index in [1.165, 1.54) is 13.2 Å². The number of benzene rings is 1. The molecule has 0 bridgehead atoms. The van der Waals surface area contributed by atoms with E-state index < -0.39 is 19.0 Å². The molecule has 1 amide bonds. The van der Waals surface area contributed by atoms with Crippen molar-refractivity contribution in [2.75, 3.05) is 13.7 Å². The Hall–Kier alpha value is -2.06. The van der Waals surface area contributed by atoms with Crippen LogP contribution in [-0.2, 0) is 16.0 Å². The summed E-state index contributed by atoms with van der Waals surface area (Å²) in [6.07, 6.45) is 0.484. The summed E-state index contributed by atoms with van der Waals surface area (Å²) in [6.45, 7) is 0.287. The molecule has 8 heteroatoms. The molecule has 0 saturated carbocycles. The molecule has 112 valence electrons. The van der Waals surface area contributed by atoms with E-state index in [1.54, 1.807) is 12.1 Å². The van der Waals surface area contributed by atoms with Gasteiger partial charge in [-0.3, -0.25) is 4.79 Å². The topological polar surface area (TPSA) is 105 Å². The number of ether oxygens (including phenoxy) is 1. The highest BCUT2D eigenvalue weighted by Crippen LogP contribution is 2.30. The summed E-state index contributed by atoms with van der Waals surface area (Å²) < 4.78 is 10.1. The second kappa shape index (κ2) is 6.60. The fourth-order valence-electron chi connectivity index (χ4n) is 2.19. The van der Waals surface area contributed by atoms with Gasteiger partial charge in [0, 0.05) is 13.5 Å². The van der Waals surface area contributed by atoms with Crippen molar-refractivity contribution >= 4 is 19.0 Å². The Labute approximate surface area is 122 Å². The second-order valence-electron chi connectivity index (χ2n) is 4.73. The van der Waals surface area contributed by atoms with Crippen LogP contribution in [0.5, 0.6) is 5.75 Å². The number of para-hydroxylation sites is 1. The van der Waals surface area contributed by atoms with Gasteiger partial charge >= 0.3 is 13.1 Å². The van der Waals surface area contributed by atoms with Crippen molar-refractivity contribution in [3.63, 3.8) is 0 Å². The highest BCUT2D eigenvalue weighted by atomic mass is 16.5. The van der Waals surface area contributed by atoms with Crippen molar-refractivity contribution in [1.82, 2.24) is 5.32 Å². The molecule has 1 aromatic carbocycles. The van der Waals surface area contributed by atoms with Crippen LogP contribution in [-0.4, -0.2) is 48.8 Å². The Bertz CT molecular complexity index is 549. The maximum absolute atomic E-state index is 11.7. The van der Waals surface area contributed by atoms with Gasteiger partial charge in [-0.1, -0.05) is 12.1 Å². The zero-order chi connectivity index (χ0) is 15.4. The van der Waals surface area contributed by atoms with Gasteiger partial charge in [-0.25, -0.2) is 4.79 Å². The molecule has 1 aromatic rings. The summed E-state index contributed by atoms with van der Waals surface area (Å²) in [5.74, 6) is -1.85. The fraction of sp³-hybridized carbons (Fsp3) is 0.385. The van der Waals surface area contributed by atoms with Gasteiger partial charge in [-0.2, -0.15) is 0 Å². The van der Waals surface area contributed by atoms with Crippen LogP contribution < -0.4 is 9.97 Å². The van der Waals surface area contributed by atoms with E-state index in [2.05, 4.69) is 5.32 Å². The van der Waals surface area contributed by atoms with E-state index >= 15 is 0 Å². The third-order valence-electron chi connectivity index (χ3n) is 3.23. The number of hydrogen-bond acceptors (Lipinski definition) is 5. The van der Waals surface area contributed by atoms with Crippen LogP contribution in [0, 0.1) is 0 Å². The molecule has 0 aromatic heterocycles. The number of hydrogen-bond donors (Lipinski definition) is 3. The van der Waals surface area contributed by atoms with Crippen molar-refractivity contribution < 1.29 is 29.1 Å². The zero-order valence-electron chi connectivity index (χ0n) is 11.5. The van der Waals surface area contributed by atoms with E-state index in [4.69, 9.17) is 14.5 Å². The summed E-state index contributed by atoms with van der Waals surface area (Å²) in [4.78, 5) is 22.8. The number of carboxylic acids is 1. The molecular weight excluding hydrogens is 277 g/mol. The molecule has 0 spiro atoms. The number of amides is 1. The molecule has 7 nitrogen and oxygen atoms in total. The van der Waals surface area contributed by atoms with Crippen molar-refractivity contribution in [1.29, 1.82) is 0 Å². The zero-order valence-corrected chi connectivity index (χ0v) is 11.5. The number of nitrogens with one attached hydrogen (secondary N) is 1. The van der Waals surface area contributed by atoms with Gasteiger partial charge < -0.3 is 24.8 Å². The average Bonchev–Trinajstić information content (AvgIpc) is 2.45. The largest absolute Gasteiger partial charge is 0.547 e. The molecule has 0 saturated heterocycles. The number of fused-ring (bicyclic) bond motifs is 1. The third kappa shape index (κ3) is 3.53. The molecule has 0 fully saturated rings. The Kier molecular flexibility index (Phi) is 4.82. The Morgan fingerprint density at radius 2 is 2.29 bits per heavy atom. The molecule has 1 heterocycles. The average molecular weight is 293 g/mol. The van der Waals surface area contributed by atoms with Gasteiger partial charge in [0.25, 0.3) is 0 Å². The van der Waals surface area contributed by atoms with Crippen molar-refractivity contribution in [3.05, 3.63) is 29.3 Å². The summed E-state index contributed by atoms with van der Waals surface area (Å²) in [7, 11) is 0.208. The molecule has 0 aliphatic carbocycles. The van der Waals surface area contributed by atoms with E-state index in [0.29, 0.717) is 12.0 Å². The minimum atomic E-state index is -1.29. The summed E-state index contributed by atoms with van der Waals surface area (Å²) >= 11 is 0. The Balaban J connectivity index is 2.12. The quantitative estimate of drug-likeness (QED) is 0.653. The second-order valence-corrected chi connectivity index (χ2v) is 4.73. The predicted molar refractivity (Wildman–Crippen MR) is 74.1 cm³/mol. The van der Waals surface area contributed by atoms with Crippen molar-refractivity contribution in [2.45, 2.75) is 18.8 Å². The monoisotopic (exact) mass is 293 g/mol. The first-order chi connectivity index (χ1) is 10.0. The van der Waals surface area contributed by atoms with Crippen molar-refractivity contribution in [3.8, 4) is 5.75 Å². The molecule has 1 aliphatic rings. The van der Waals surface area contributed by atoms with E-state index in [-0.39, 0.29) is 30.2 Å². The molecule has 0 radical (unpaired) electrons. The lowest BCUT2D eigenvalue weighted by Gasteiger charge is -2.28. The molecular formula is C13H16BNO6. The first kappa shape index (κ1) is 15.3. The minimum Gasteiger partial charge on any atom is -0.534 e. The van der Waals surface area contributed by atoms with Crippen LogP contribution in [0.15, 0.2) is 18.2 Å². The Morgan fingerprint density at radius 1 is 1.52 bits per heavy atom. The SMILES string of the molecule is COCCC(=O)N[C@H]1Cc2cccc(C(=O)O)c2OB1O. The van der Waals surface area contributed by atoms with Gasteiger partial charge in [0.1, 0.15) is 5.75 Å². The van der Waals surface area contributed by atoms with Crippen molar-refractivity contribution in [2.24, 2.45) is 0 Å². The number of aromatic carboxylic acids is 1. The van der Waals surface area contributed by atoms with Crippen LogP contribution in [0.3, 0.4) is 0 Å². The van der Waals surface area contributed by atoms with Gasteiger partial charge in [0.2, 0.25) is 5.91 Å². The highest BCUT2D eigenvalue weighted by Gasteiger charge is 2.37. The van der Waals surface area contributed by atoms with Crippen LogP contribution in [0.25, 0.3) is 0 Å². The standard InChI is InChI=1S/C13H16BNO6/c1-20-6-5-11(16)15-10-7-8-3-2-4-9(13(17)18)12(8)21-14(10)19/h2-4,10,19H,5-7H2,1H3,(H,15,16)(H,17,18)/t10-/m0/s1. The summed E-state index contributed by atoms with van der Waals surface area (Å²) in [5, 5.41) is 21.7. The lowest BCUT2D eigenvalue weighted by atomic mass is 9.72. The highest BCUT2D eigenvalue weighted by molar-refractivity contribution is 6.47. The predicted octanol–water partition coefficient (Wildman–Crippen LogP) is -0.139. The van der Waals surface area contributed by atoms with Crippen LogP contribution >= 0.6 is 0 Å². The van der Waals surface area contributed by atoms with Gasteiger partial charge in [-0.05, 0) is 18.1 Å². The number of carboxylic acid groups (broad SMARTS) is 1. The molecule has 3 N–H and O–H groups in total.